The van der Waals surface area contributed by atoms with Gasteiger partial charge in [-0.25, -0.2) is 0 Å². The number of unbranched alkanes of at least 4 members (excludes halogenated alkanes) is 5. The third kappa shape index (κ3) is 6.89. The van der Waals surface area contributed by atoms with Crippen LogP contribution >= 0.6 is 10.3 Å². The van der Waals surface area contributed by atoms with Crippen LogP contribution in [0.15, 0.2) is 99.6 Å². The van der Waals surface area contributed by atoms with Crippen molar-refractivity contribution in [3.63, 3.8) is 0 Å². The number of rotatable bonds is 14. The molecule has 3 rings (SSSR count). The van der Waals surface area contributed by atoms with Crippen molar-refractivity contribution >= 4 is 16.3 Å². The Balaban J connectivity index is 1.87. The van der Waals surface area contributed by atoms with Crippen molar-refractivity contribution in [1.29, 1.82) is 0 Å². The molecule has 0 unspecified atom stereocenters. The van der Waals surface area contributed by atoms with Gasteiger partial charge < -0.3 is 8.92 Å². The summed E-state index contributed by atoms with van der Waals surface area (Å²) in [5, 5.41) is 0. The Morgan fingerprint density at radius 1 is 0.647 bits per heavy atom. The Morgan fingerprint density at radius 3 is 1.74 bits per heavy atom. The van der Waals surface area contributed by atoms with Crippen LogP contribution in [0.4, 0.5) is 0 Å². The van der Waals surface area contributed by atoms with Gasteiger partial charge in [0.1, 0.15) is 5.75 Å². The normalized spacial score (nSPS) is 11.7. The first-order valence-electron chi connectivity index (χ1n) is 12.6. The van der Waals surface area contributed by atoms with Gasteiger partial charge in [-0.1, -0.05) is 82.3 Å². The van der Waals surface area contributed by atoms with Gasteiger partial charge in [-0.15, -0.1) is 0 Å². The van der Waals surface area contributed by atoms with Gasteiger partial charge in [0.25, 0.3) is 0 Å². The van der Waals surface area contributed by atoms with Gasteiger partial charge in [0.15, 0.2) is 0 Å². The summed E-state index contributed by atoms with van der Waals surface area (Å²) in [6, 6.07) is 28.4. The van der Waals surface area contributed by atoms with Crippen LogP contribution in [0.3, 0.4) is 0 Å². The maximum absolute atomic E-state index is 12.9. The van der Waals surface area contributed by atoms with E-state index in [1.165, 1.54) is 32.1 Å². The number of carbonyl (C=O) groups is 1. The minimum atomic E-state index is -2.21. The predicted molar refractivity (Wildman–Crippen MR) is 142 cm³/mol. The van der Waals surface area contributed by atoms with Crippen LogP contribution in [0.1, 0.15) is 65.2 Å². The van der Waals surface area contributed by atoms with Crippen LogP contribution in [-0.4, -0.2) is 12.6 Å². The molecule has 0 saturated carbocycles. The SMILES string of the molecule is CCCCCCCCOc1ccc(S(OC(=O)CCC)(c2ccccc2)c2ccccc2)cc1. The van der Waals surface area contributed by atoms with Crippen LogP contribution in [0.5, 0.6) is 5.75 Å². The fraction of sp³-hybridized carbons (Fsp3) is 0.367. The van der Waals surface area contributed by atoms with Crippen LogP contribution in [0.25, 0.3) is 0 Å². The lowest BCUT2D eigenvalue weighted by atomic mass is 10.1. The molecule has 182 valence electrons. The lowest BCUT2D eigenvalue weighted by molar-refractivity contribution is -0.133. The minimum Gasteiger partial charge on any atom is -0.494 e. The van der Waals surface area contributed by atoms with Gasteiger partial charge in [0.2, 0.25) is 0 Å². The molecule has 0 aromatic heterocycles. The fourth-order valence-corrected chi connectivity index (χ4v) is 7.03. The second-order valence-corrected chi connectivity index (χ2v) is 11.2. The van der Waals surface area contributed by atoms with Crippen molar-refractivity contribution in [2.24, 2.45) is 0 Å². The molecule has 3 aromatic rings. The molecular weight excluding hydrogens is 440 g/mol. The minimum absolute atomic E-state index is 0.173. The molecule has 0 radical (unpaired) electrons. The Hall–Kier alpha value is -2.72. The van der Waals surface area contributed by atoms with E-state index in [1.807, 2.05) is 55.5 Å². The molecule has 0 spiro atoms. The van der Waals surface area contributed by atoms with Gasteiger partial charge >= 0.3 is 5.97 Å². The average Bonchev–Trinajstić information content (AvgIpc) is 2.88. The van der Waals surface area contributed by atoms with E-state index in [0.717, 1.165) is 39.9 Å². The molecule has 34 heavy (non-hydrogen) atoms. The summed E-state index contributed by atoms with van der Waals surface area (Å²) in [6.07, 6.45) is 8.61. The van der Waals surface area contributed by atoms with Crippen molar-refractivity contribution in [3.05, 3.63) is 84.9 Å². The summed E-state index contributed by atoms with van der Waals surface area (Å²) in [4.78, 5) is 15.9. The molecule has 3 aromatic carbocycles. The molecule has 0 bridgehead atoms. The average molecular weight is 479 g/mol. The molecule has 0 fully saturated rings. The summed E-state index contributed by atoms with van der Waals surface area (Å²) in [5.41, 5.74) is 0. The monoisotopic (exact) mass is 478 g/mol. The molecule has 0 N–H and O–H groups in total. The number of benzene rings is 3. The van der Waals surface area contributed by atoms with Crippen LogP contribution in [-0.2, 0) is 8.98 Å². The Morgan fingerprint density at radius 2 is 1.18 bits per heavy atom. The highest BCUT2D eigenvalue weighted by Gasteiger charge is 2.35. The van der Waals surface area contributed by atoms with Gasteiger partial charge in [0, 0.05) is 21.1 Å². The highest BCUT2D eigenvalue weighted by atomic mass is 32.3. The number of hydrogen-bond donors (Lipinski definition) is 0. The van der Waals surface area contributed by atoms with E-state index in [2.05, 4.69) is 43.3 Å². The highest BCUT2D eigenvalue weighted by molar-refractivity contribution is 8.30. The number of hydrogen-bond acceptors (Lipinski definition) is 3. The lowest BCUT2D eigenvalue weighted by Gasteiger charge is -2.39. The summed E-state index contributed by atoms with van der Waals surface area (Å²) < 4.78 is 12.4. The first-order chi connectivity index (χ1) is 16.7. The van der Waals surface area contributed by atoms with Crippen LogP contribution < -0.4 is 4.74 Å². The van der Waals surface area contributed by atoms with Crippen molar-refractivity contribution in [2.75, 3.05) is 6.61 Å². The van der Waals surface area contributed by atoms with Gasteiger partial charge in [-0.05, 0) is 71.7 Å². The van der Waals surface area contributed by atoms with Gasteiger partial charge in [-0.3, -0.25) is 4.79 Å². The Kier molecular flexibility index (Phi) is 10.6. The second-order valence-electron chi connectivity index (χ2n) is 8.48. The van der Waals surface area contributed by atoms with Crippen molar-refractivity contribution in [2.45, 2.75) is 79.9 Å². The van der Waals surface area contributed by atoms with E-state index in [4.69, 9.17) is 8.92 Å². The van der Waals surface area contributed by atoms with Crippen LogP contribution in [0, 0.1) is 0 Å². The van der Waals surface area contributed by atoms with Crippen molar-refractivity contribution in [1.82, 2.24) is 0 Å². The van der Waals surface area contributed by atoms with Gasteiger partial charge in [-0.2, -0.15) is 0 Å². The molecule has 3 nitrogen and oxygen atoms in total. The largest absolute Gasteiger partial charge is 0.494 e. The maximum Gasteiger partial charge on any atom is 0.317 e. The topological polar surface area (TPSA) is 35.5 Å². The smallest absolute Gasteiger partial charge is 0.317 e. The first-order valence-corrected chi connectivity index (χ1v) is 14.1. The molecule has 4 heteroatoms. The zero-order valence-corrected chi connectivity index (χ0v) is 21.4. The molecule has 0 amide bonds. The predicted octanol–water partition coefficient (Wildman–Crippen LogP) is 8.97. The first kappa shape index (κ1) is 25.9. The molecule has 0 aliphatic heterocycles. The maximum atomic E-state index is 12.9. The number of carbonyl (C=O) groups excluding carboxylic acids is 1. The summed E-state index contributed by atoms with van der Waals surface area (Å²) >= 11 is 0. The summed E-state index contributed by atoms with van der Waals surface area (Å²) in [6.45, 7) is 4.97. The highest BCUT2D eigenvalue weighted by Crippen LogP contribution is 2.69. The molecule has 0 atom stereocenters. The van der Waals surface area contributed by atoms with E-state index >= 15 is 0 Å². The van der Waals surface area contributed by atoms with Crippen molar-refractivity contribution < 1.29 is 13.7 Å². The molecule has 0 heterocycles. The Labute approximate surface area is 207 Å². The summed E-state index contributed by atoms with van der Waals surface area (Å²) in [7, 11) is -2.21. The van der Waals surface area contributed by atoms with E-state index < -0.39 is 10.3 Å². The molecule has 0 saturated heterocycles. The van der Waals surface area contributed by atoms with Crippen molar-refractivity contribution in [3.8, 4) is 5.75 Å². The summed E-state index contributed by atoms with van der Waals surface area (Å²) in [5.74, 6) is 0.681. The zero-order valence-electron chi connectivity index (χ0n) is 20.6. The van der Waals surface area contributed by atoms with E-state index in [-0.39, 0.29) is 5.97 Å². The quantitative estimate of drug-likeness (QED) is 0.217. The van der Waals surface area contributed by atoms with E-state index in [0.29, 0.717) is 6.42 Å². The Bertz CT molecular complexity index is 931. The number of ether oxygens (including phenoxy) is 1. The molecule has 0 aliphatic carbocycles. The third-order valence-corrected chi connectivity index (χ3v) is 8.99. The van der Waals surface area contributed by atoms with Crippen LogP contribution in [0.2, 0.25) is 0 Å². The van der Waals surface area contributed by atoms with E-state index in [1.54, 1.807) is 0 Å². The van der Waals surface area contributed by atoms with E-state index in [9.17, 15) is 4.79 Å². The standard InChI is InChI=1S/C30H38O3S/c1-3-5-6-7-8-15-25-32-26-21-23-29(24-22-26)34(33-30(31)16-4-2,27-17-11-9-12-18-27)28-19-13-10-14-20-28/h9-14,17-24H,3-8,15-16,25H2,1-2H3. The molecule has 0 aliphatic rings. The molecular formula is C30H38O3S. The second kappa shape index (κ2) is 13.9. The van der Waals surface area contributed by atoms with Gasteiger partial charge in [0.05, 0.1) is 6.61 Å². The lowest BCUT2D eigenvalue weighted by Crippen LogP contribution is -2.13. The fourth-order valence-electron chi connectivity index (χ4n) is 3.96. The third-order valence-electron chi connectivity index (χ3n) is 5.74. The zero-order chi connectivity index (χ0) is 24.1.